The first kappa shape index (κ1) is 19.9. The summed E-state index contributed by atoms with van der Waals surface area (Å²) in [4.78, 5) is 8.26. The Kier molecular flexibility index (Phi) is 5.63. The SMILES string of the molecule is CC(C)(C)N1CCC(Sc2cc(-c3cccc(C#N)c3)cc3ccncc23)CC1. The summed E-state index contributed by atoms with van der Waals surface area (Å²) in [6.45, 7) is 9.22. The predicted octanol–water partition coefficient (Wildman–Crippen LogP) is 6.13. The van der Waals surface area contributed by atoms with Gasteiger partial charge in [0.15, 0.2) is 0 Å². The van der Waals surface area contributed by atoms with Gasteiger partial charge in [0.25, 0.3) is 0 Å². The lowest BCUT2D eigenvalue weighted by Crippen LogP contribution is -2.46. The largest absolute Gasteiger partial charge is 0.298 e. The van der Waals surface area contributed by atoms with E-state index in [-0.39, 0.29) is 5.54 Å². The van der Waals surface area contributed by atoms with Gasteiger partial charge in [-0.15, -0.1) is 11.8 Å². The van der Waals surface area contributed by atoms with E-state index in [1.54, 1.807) is 0 Å². The Morgan fingerprint density at radius 2 is 1.86 bits per heavy atom. The first-order chi connectivity index (χ1) is 13.9. The summed E-state index contributed by atoms with van der Waals surface area (Å²) in [5, 5.41) is 12.3. The monoisotopic (exact) mass is 401 g/mol. The number of pyridine rings is 1. The molecule has 2 aromatic carbocycles. The van der Waals surface area contributed by atoms with Gasteiger partial charge in [-0.1, -0.05) is 12.1 Å². The van der Waals surface area contributed by atoms with Gasteiger partial charge in [0.05, 0.1) is 11.6 Å². The molecule has 4 heteroatoms. The first-order valence-corrected chi connectivity index (χ1v) is 11.1. The zero-order valence-electron chi connectivity index (χ0n) is 17.4. The van der Waals surface area contributed by atoms with Crippen LogP contribution >= 0.6 is 11.8 Å². The maximum absolute atomic E-state index is 9.26. The van der Waals surface area contributed by atoms with E-state index in [0.29, 0.717) is 10.8 Å². The summed E-state index contributed by atoms with van der Waals surface area (Å²) < 4.78 is 0. The van der Waals surface area contributed by atoms with Gasteiger partial charge in [0.2, 0.25) is 0 Å². The summed E-state index contributed by atoms with van der Waals surface area (Å²) in [7, 11) is 0. The molecule has 0 bridgehead atoms. The normalized spacial score (nSPS) is 16.1. The van der Waals surface area contributed by atoms with Gasteiger partial charge in [-0.25, -0.2) is 0 Å². The molecular weight excluding hydrogens is 374 g/mol. The number of nitrogens with zero attached hydrogens (tertiary/aromatic N) is 3. The molecule has 148 valence electrons. The molecule has 0 radical (unpaired) electrons. The quantitative estimate of drug-likeness (QED) is 0.529. The average Bonchev–Trinajstić information content (AvgIpc) is 2.73. The second-order valence-corrected chi connectivity index (χ2v) is 10.1. The van der Waals surface area contributed by atoms with Crippen molar-refractivity contribution in [3.05, 3.63) is 60.4 Å². The van der Waals surface area contributed by atoms with Crippen LogP contribution in [0.2, 0.25) is 0 Å². The van der Waals surface area contributed by atoms with Crippen LogP contribution in [0.4, 0.5) is 0 Å². The Morgan fingerprint density at radius 1 is 1.07 bits per heavy atom. The van der Waals surface area contributed by atoms with Crippen LogP contribution in [-0.2, 0) is 0 Å². The molecule has 3 nitrogen and oxygen atoms in total. The van der Waals surface area contributed by atoms with E-state index < -0.39 is 0 Å². The minimum absolute atomic E-state index is 0.248. The van der Waals surface area contributed by atoms with Crippen molar-refractivity contribution in [2.75, 3.05) is 13.1 Å². The standard InChI is InChI=1S/C25H27N3S/c1-25(2,3)28-11-8-22(9-12-28)29-24-15-21(14-20-7-10-27-17-23(20)24)19-6-4-5-18(13-19)16-26/h4-7,10,13-15,17,22H,8-9,11-12H2,1-3H3. The average molecular weight is 402 g/mol. The molecule has 0 N–H and O–H groups in total. The highest BCUT2D eigenvalue weighted by Gasteiger charge is 2.27. The van der Waals surface area contributed by atoms with Crippen molar-refractivity contribution in [3.63, 3.8) is 0 Å². The topological polar surface area (TPSA) is 39.9 Å². The van der Waals surface area contributed by atoms with Crippen LogP contribution in [0.25, 0.3) is 21.9 Å². The van der Waals surface area contributed by atoms with E-state index in [4.69, 9.17) is 0 Å². The third kappa shape index (κ3) is 4.47. The number of aromatic nitrogens is 1. The molecule has 29 heavy (non-hydrogen) atoms. The first-order valence-electron chi connectivity index (χ1n) is 10.2. The van der Waals surface area contributed by atoms with Crippen molar-refractivity contribution in [2.45, 2.75) is 49.3 Å². The Labute approximate surface area is 177 Å². The Bertz CT molecular complexity index is 1050. The van der Waals surface area contributed by atoms with E-state index in [9.17, 15) is 5.26 Å². The Hall–Kier alpha value is -2.35. The van der Waals surface area contributed by atoms with Crippen molar-refractivity contribution in [2.24, 2.45) is 0 Å². The molecule has 4 rings (SSSR count). The highest BCUT2D eigenvalue weighted by molar-refractivity contribution is 8.00. The zero-order valence-corrected chi connectivity index (χ0v) is 18.2. The maximum Gasteiger partial charge on any atom is 0.0991 e. The van der Waals surface area contributed by atoms with E-state index in [1.165, 1.54) is 28.5 Å². The molecule has 1 aliphatic heterocycles. The highest BCUT2D eigenvalue weighted by atomic mass is 32.2. The van der Waals surface area contributed by atoms with Crippen molar-refractivity contribution in [3.8, 4) is 17.2 Å². The van der Waals surface area contributed by atoms with Gasteiger partial charge in [-0.2, -0.15) is 5.26 Å². The number of benzene rings is 2. The van der Waals surface area contributed by atoms with Crippen LogP contribution in [0.1, 0.15) is 39.2 Å². The van der Waals surface area contributed by atoms with Gasteiger partial charge in [0, 0.05) is 33.5 Å². The maximum atomic E-state index is 9.26. The van der Waals surface area contributed by atoms with Gasteiger partial charge < -0.3 is 0 Å². The van der Waals surface area contributed by atoms with Crippen LogP contribution in [-0.4, -0.2) is 33.8 Å². The second kappa shape index (κ2) is 8.18. The molecule has 3 aromatic rings. The number of fused-ring (bicyclic) bond motifs is 1. The van der Waals surface area contributed by atoms with Crippen molar-refractivity contribution >= 4 is 22.5 Å². The molecule has 2 heterocycles. The molecule has 0 unspecified atom stereocenters. The fourth-order valence-corrected chi connectivity index (χ4v) is 5.32. The van der Waals surface area contributed by atoms with E-state index in [1.807, 2.05) is 42.4 Å². The molecule has 1 saturated heterocycles. The Balaban J connectivity index is 1.64. The number of likely N-dealkylation sites (tertiary alicyclic amines) is 1. The minimum Gasteiger partial charge on any atom is -0.298 e. The van der Waals surface area contributed by atoms with Crippen LogP contribution in [0.5, 0.6) is 0 Å². The fraction of sp³-hybridized carbons (Fsp3) is 0.360. The number of hydrogen-bond acceptors (Lipinski definition) is 4. The molecule has 0 atom stereocenters. The lowest BCUT2D eigenvalue weighted by molar-refractivity contribution is 0.113. The summed E-state index contributed by atoms with van der Waals surface area (Å²) in [5.41, 5.74) is 3.20. The van der Waals surface area contributed by atoms with Crippen molar-refractivity contribution < 1.29 is 0 Å². The summed E-state index contributed by atoms with van der Waals surface area (Å²) in [6, 6.07) is 16.7. The van der Waals surface area contributed by atoms with Gasteiger partial charge in [0.1, 0.15) is 0 Å². The fourth-order valence-electron chi connectivity index (χ4n) is 4.02. The molecule has 1 fully saturated rings. The van der Waals surface area contributed by atoms with Crippen LogP contribution in [0.3, 0.4) is 0 Å². The predicted molar refractivity (Wildman–Crippen MR) is 122 cm³/mol. The molecular formula is C25H27N3S. The molecule has 1 aliphatic rings. The second-order valence-electron chi connectivity index (χ2n) is 8.74. The van der Waals surface area contributed by atoms with Crippen LogP contribution in [0.15, 0.2) is 59.8 Å². The highest BCUT2D eigenvalue weighted by Crippen LogP contribution is 2.38. The number of thioether (sulfide) groups is 1. The van der Waals surface area contributed by atoms with Crippen molar-refractivity contribution in [1.82, 2.24) is 9.88 Å². The van der Waals surface area contributed by atoms with E-state index in [0.717, 1.165) is 24.2 Å². The number of rotatable bonds is 3. The molecule has 0 amide bonds. The van der Waals surface area contributed by atoms with Crippen LogP contribution in [0, 0.1) is 11.3 Å². The number of hydrogen-bond donors (Lipinski definition) is 0. The summed E-state index contributed by atoms with van der Waals surface area (Å²) in [5.74, 6) is 0. The molecule has 0 spiro atoms. The third-order valence-electron chi connectivity index (χ3n) is 5.73. The smallest absolute Gasteiger partial charge is 0.0991 e. The third-order valence-corrected chi connectivity index (χ3v) is 7.12. The van der Waals surface area contributed by atoms with Gasteiger partial charge in [-0.05, 0) is 93.5 Å². The summed E-state index contributed by atoms with van der Waals surface area (Å²) in [6.07, 6.45) is 6.25. The minimum atomic E-state index is 0.248. The van der Waals surface area contributed by atoms with Crippen molar-refractivity contribution in [1.29, 1.82) is 5.26 Å². The summed E-state index contributed by atoms with van der Waals surface area (Å²) >= 11 is 1.99. The molecule has 1 aromatic heterocycles. The zero-order chi connectivity index (χ0) is 20.4. The lowest BCUT2D eigenvalue weighted by atomic mass is 10.0. The van der Waals surface area contributed by atoms with E-state index in [2.05, 4.69) is 61.0 Å². The van der Waals surface area contributed by atoms with Gasteiger partial charge in [-0.3, -0.25) is 9.88 Å². The molecule has 0 saturated carbocycles. The van der Waals surface area contributed by atoms with E-state index >= 15 is 0 Å². The van der Waals surface area contributed by atoms with Gasteiger partial charge >= 0.3 is 0 Å². The molecule has 0 aliphatic carbocycles. The number of nitriles is 1. The van der Waals surface area contributed by atoms with Crippen LogP contribution < -0.4 is 0 Å². The Morgan fingerprint density at radius 3 is 2.59 bits per heavy atom. The lowest BCUT2D eigenvalue weighted by Gasteiger charge is -2.40. The number of piperidine rings is 1.